The Morgan fingerprint density at radius 1 is 1.04 bits per heavy atom. The van der Waals surface area contributed by atoms with Crippen LogP contribution in [0, 0.1) is 5.92 Å². The van der Waals surface area contributed by atoms with E-state index in [2.05, 4.69) is 15.3 Å². The molecule has 2 saturated carbocycles. The molecule has 0 saturated heterocycles. The van der Waals surface area contributed by atoms with Gasteiger partial charge in [0.1, 0.15) is 6.10 Å². The van der Waals surface area contributed by atoms with Crippen LogP contribution >= 0.6 is 0 Å². The maximum absolute atomic E-state index is 12.3. The van der Waals surface area contributed by atoms with Crippen molar-refractivity contribution >= 4 is 5.91 Å². The van der Waals surface area contributed by atoms with E-state index in [4.69, 9.17) is 9.47 Å². The minimum atomic E-state index is 0.134. The molecule has 132 valence electrons. The van der Waals surface area contributed by atoms with Gasteiger partial charge in [-0.15, -0.1) is 0 Å². The highest BCUT2D eigenvalue weighted by Crippen LogP contribution is 2.26. The molecular formula is C18H27N3O3. The standard InChI is InChI=1S/C18H27N3O3/c1-23-16-11-19-12-17(21-16)24-15-9-7-14(8-10-15)20-18(22)13-5-3-2-4-6-13/h11-15H,2-10H2,1H3,(H,20,22). The predicted octanol–water partition coefficient (Wildman–Crippen LogP) is 2.87. The van der Waals surface area contributed by atoms with Gasteiger partial charge in [-0.2, -0.15) is 4.98 Å². The second-order valence-corrected chi connectivity index (χ2v) is 6.83. The van der Waals surface area contributed by atoms with Crippen LogP contribution in [0.5, 0.6) is 11.8 Å². The molecule has 1 aromatic rings. The zero-order valence-corrected chi connectivity index (χ0v) is 14.4. The van der Waals surface area contributed by atoms with Gasteiger partial charge in [0, 0.05) is 12.0 Å². The number of carbonyl (C=O) groups excluding carboxylic acids is 1. The minimum absolute atomic E-state index is 0.134. The van der Waals surface area contributed by atoms with Gasteiger partial charge in [0.25, 0.3) is 0 Å². The molecule has 0 bridgehead atoms. The fraction of sp³-hybridized carbons (Fsp3) is 0.722. The summed E-state index contributed by atoms with van der Waals surface area (Å²) in [5.41, 5.74) is 0. The van der Waals surface area contributed by atoms with Crippen LogP contribution in [-0.4, -0.2) is 35.1 Å². The largest absolute Gasteiger partial charge is 0.480 e. The molecule has 1 heterocycles. The third-order valence-corrected chi connectivity index (χ3v) is 5.08. The molecule has 2 aliphatic rings. The highest BCUT2D eigenvalue weighted by molar-refractivity contribution is 5.79. The number of aromatic nitrogens is 2. The van der Waals surface area contributed by atoms with E-state index in [1.807, 2.05) is 0 Å². The van der Waals surface area contributed by atoms with Gasteiger partial charge in [-0.25, -0.2) is 0 Å². The Hall–Kier alpha value is -1.85. The lowest BCUT2D eigenvalue weighted by atomic mass is 9.87. The fourth-order valence-corrected chi connectivity index (χ4v) is 3.67. The molecule has 0 atom stereocenters. The Kier molecular flexibility index (Phi) is 5.88. The van der Waals surface area contributed by atoms with Gasteiger partial charge in [-0.1, -0.05) is 19.3 Å². The molecule has 1 amide bonds. The van der Waals surface area contributed by atoms with E-state index in [1.54, 1.807) is 19.5 Å². The molecule has 0 aliphatic heterocycles. The summed E-state index contributed by atoms with van der Waals surface area (Å²) in [4.78, 5) is 20.6. The van der Waals surface area contributed by atoms with Crippen molar-refractivity contribution in [2.75, 3.05) is 7.11 Å². The van der Waals surface area contributed by atoms with Gasteiger partial charge in [0.2, 0.25) is 17.7 Å². The summed E-state index contributed by atoms with van der Waals surface area (Å²) < 4.78 is 11.0. The molecule has 1 N–H and O–H groups in total. The van der Waals surface area contributed by atoms with Crippen molar-refractivity contribution in [3.63, 3.8) is 0 Å². The van der Waals surface area contributed by atoms with E-state index in [9.17, 15) is 4.79 Å². The van der Waals surface area contributed by atoms with Gasteiger partial charge in [0.05, 0.1) is 19.5 Å². The maximum atomic E-state index is 12.3. The summed E-state index contributed by atoms with van der Waals surface area (Å²) in [6.07, 6.45) is 12.8. The van der Waals surface area contributed by atoms with E-state index < -0.39 is 0 Å². The third-order valence-electron chi connectivity index (χ3n) is 5.08. The van der Waals surface area contributed by atoms with Gasteiger partial charge in [-0.05, 0) is 38.5 Å². The first-order chi connectivity index (χ1) is 11.7. The van der Waals surface area contributed by atoms with E-state index in [1.165, 1.54) is 19.3 Å². The molecule has 1 aromatic heterocycles. The van der Waals surface area contributed by atoms with E-state index in [0.717, 1.165) is 38.5 Å². The molecule has 6 nitrogen and oxygen atoms in total. The van der Waals surface area contributed by atoms with Gasteiger partial charge < -0.3 is 14.8 Å². The number of nitrogens with zero attached hydrogens (tertiary/aromatic N) is 2. The zero-order valence-electron chi connectivity index (χ0n) is 14.4. The number of carbonyl (C=O) groups is 1. The second kappa shape index (κ2) is 8.31. The minimum Gasteiger partial charge on any atom is -0.480 e. The van der Waals surface area contributed by atoms with Crippen LogP contribution in [0.4, 0.5) is 0 Å². The number of ether oxygens (including phenoxy) is 2. The Balaban J connectivity index is 1.42. The normalized spacial score (nSPS) is 25.0. The van der Waals surface area contributed by atoms with Crippen LogP contribution < -0.4 is 14.8 Å². The first-order valence-electron chi connectivity index (χ1n) is 9.07. The van der Waals surface area contributed by atoms with Crippen molar-refractivity contribution < 1.29 is 14.3 Å². The molecular weight excluding hydrogens is 306 g/mol. The summed E-state index contributed by atoms with van der Waals surface area (Å²) in [5.74, 6) is 1.46. The molecule has 24 heavy (non-hydrogen) atoms. The van der Waals surface area contributed by atoms with E-state index in [-0.39, 0.29) is 24.0 Å². The fourth-order valence-electron chi connectivity index (χ4n) is 3.67. The Morgan fingerprint density at radius 3 is 2.46 bits per heavy atom. The number of rotatable bonds is 5. The summed E-state index contributed by atoms with van der Waals surface area (Å²) in [5, 5.41) is 3.25. The Labute approximate surface area is 143 Å². The summed E-state index contributed by atoms with van der Waals surface area (Å²) >= 11 is 0. The quantitative estimate of drug-likeness (QED) is 0.897. The molecule has 6 heteroatoms. The molecule has 0 radical (unpaired) electrons. The lowest BCUT2D eigenvalue weighted by Gasteiger charge is -2.31. The third kappa shape index (κ3) is 4.58. The maximum Gasteiger partial charge on any atom is 0.235 e. The smallest absolute Gasteiger partial charge is 0.235 e. The van der Waals surface area contributed by atoms with Gasteiger partial charge in [-0.3, -0.25) is 9.78 Å². The topological polar surface area (TPSA) is 73.3 Å². The Morgan fingerprint density at radius 2 is 1.75 bits per heavy atom. The lowest BCUT2D eigenvalue weighted by molar-refractivity contribution is -0.127. The number of nitrogens with one attached hydrogen (secondary N) is 1. The van der Waals surface area contributed by atoms with Crippen LogP contribution in [0.25, 0.3) is 0 Å². The zero-order chi connectivity index (χ0) is 16.8. The summed E-state index contributed by atoms with van der Waals surface area (Å²) in [7, 11) is 1.56. The van der Waals surface area contributed by atoms with Crippen LogP contribution in [0.3, 0.4) is 0 Å². The summed E-state index contributed by atoms with van der Waals surface area (Å²) in [6.45, 7) is 0. The van der Waals surface area contributed by atoms with Crippen LogP contribution in [-0.2, 0) is 4.79 Å². The molecule has 3 rings (SSSR count). The SMILES string of the molecule is COc1cncc(OC2CCC(NC(=O)C3CCCCC3)CC2)n1. The lowest BCUT2D eigenvalue weighted by Crippen LogP contribution is -2.42. The first-order valence-corrected chi connectivity index (χ1v) is 9.07. The summed E-state index contributed by atoms with van der Waals surface area (Å²) in [6, 6.07) is 0.288. The molecule has 2 fully saturated rings. The second-order valence-electron chi connectivity index (χ2n) is 6.83. The van der Waals surface area contributed by atoms with Crippen LogP contribution in [0.2, 0.25) is 0 Å². The van der Waals surface area contributed by atoms with Crippen molar-refractivity contribution in [3.05, 3.63) is 12.4 Å². The number of hydrogen-bond acceptors (Lipinski definition) is 5. The monoisotopic (exact) mass is 333 g/mol. The number of methoxy groups -OCH3 is 1. The van der Waals surface area contributed by atoms with Crippen molar-refractivity contribution in [3.8, 4) is 11.8 Å². The number of hydrogen-bond donors (Lipinski definition) is 1. The molecule has 0 unspecified atom stereocenters. The first kappa shape index (κ1) is 17.0. The van der Waals surface area contributed by atoms with Crippen LogP contribution in [0.15, 0.2) is 12.4 Å². The Bertz CT molecular complexity index is 538. The molecule has 0 spiro atoms. The van der Waals surface area contributed by atoms with Crippen molar-refractivity contribution in [2.24, 2.45) is 5.92 Å². The number of amides is 1. The average molecular weight is 333 g/mol. The average Bonchev–Trinajstić information content (AvgIpc) is 2.64. The molecule has 2 aliphatic carbocycles. The van der Waals surface area contributed by atoms with Crippen LogP contribution in [0.1, 0.15) is 57.8 Å². The highest BCUT2D eigenvalue weighted by Gasteiger charge is 2.27. The van der Waals surface area contributed by atoms with E-state index >= 15 is 0 Å². The van der Waals surface area contributed by atoms with Crippen molar-refractivity contribution in [2.45, 2.75) is 69.9 Å². The molecule has 0 aromatic carbocycles. The van der Waals surface area contributed by atoms with Crippen molar-refractivity contribution in [1.29, 1.82) is 0 Å². The predicted molar refractivity (Wildman–Crippen MR) is 90.0 cm³/mol. The van der Waals surface area contributed by atoms with E-state index in [0.29, 0.717) is 11.8 Å². The highest BCUT2D eigenvalue weighted by atomic mass is 16.5. The van der Waals surface area contributed by atoms with Crippen molar-refractivity contribution in [1.82, 2.24) is 15.3 Å². The van der Waals surface area contributed by atoms with Gasteiger partial charge in [0.15, 0.2) is 0 Å². The van der Waals surface area contributed by atoms with Gasteiger partial charge >= 0.3 is 0 Å².